The fourth-order valence-electron chi connectivity index (χ4n) is 3.01. The van der Waals surface area contributed by atoms with E-state index >= 15 is 0 Å². The first kappa shape index (κ1) is 15.2. The van der Waals surface area contributed by atoms with Gasteiger partial charge in [-0.2, -0.15) is 17.4 Å². The fourth-order valence-corrected chi connectivity index (χ4v) is 4.63. The number of rotatable bonds is 3. The van der Waals surface area contributed by atoms with Gasteiger partial charge in [0.15, 0.2) is 0 Å². The molecule has 2 unspecified atom stereocenters. The minimum atomic E-state index is -3.36. The zero-order chi connectivity index (χ0) is 13.9. The van der Waals surface area contributed by atoms with E-state index in [9.17, 15) is 8.42 Å². The van der Waals surface area contributed by atoms with Crippen molar-refractivity contribution < 1.29 is 13.2 Å². The van der Waals surface area contributed by atoms with Crippen LogP contribution in [0.15, 0.2) is 0 Å². The van der Waals surface area contributed by atoms with Crippen LogP contribution in [0.25, 0.3) is 0 Å². The molecule has 0 bridgehead atoms. The van der Waals surface area contributed by atoms with Gasteiger partial charge in [-0.25, -0.2) is 0 Å². The highest BCUT2D eigenvalue weighted by molar-refractivity contribution is 7.87. The topological polar surface area (TPSA) is 58.6 Å². The second-order valence-corrected chi connectivity index (χ2v) is 7.59. The molecule has 112 valence electrons. The Labute approximate surface area is 116 Å². The van der Waals surface area contributed by atoms with E-state index in [1.165, 1.54) is 17.1 Å². The van der Waals surface area contributed by atoms with Gasteiger partial charge in [0, 0.05) is 19.1 Å². The lowest BCUT2D eigenvalue weighted by atomic mass is 10.1. The quantitative estimate of drug-likeness (QED) is 0.804. The molecular weight excluding hydrogens is 264 g/mol. The molecule has 6 heteroatoms. The lowest BCUT2D eigenvalue weighted by Gasteiger charge is -2.35. The van der Waals surface area contributed by atoms with Crippen molar-refractivity contribution >= 4 is 10.2 Å². The molecule has 2 rings (SSSR count). The summed E-state index contributed by atoms with van der Waals surface area (Å²) in [5.41, 5.74) is 0. The highest BCUT2D eigenvalue weighted by Crippen LogP contribution is 2.20. The van der Waals surface area contributed by atoms with E-state index in [-0.39, 0.29) is 18.2 Å². The second-order valence-electron chi connectivity index (χ2n) is 5.89. The molecule has 1 saturated carbocycles. The number of morpholine rings is 1. The summed E-state index contributed by atoms with van der Waals surface area (Å²) in [6.07, 6.45) is 6.58. The molecule has 1 N–H and O–H groups in total. The Kier molecular flexibility index (Phi) is 5.22. The summed E-state index contributed by atoms with van der Waals surface area (Å²) >= 11 is 0. The van der Waals surface area contributed by atoms with E-state index in [0.29, 0.717) is 13.1 Å². The Balaban J connectivity index is 1.96. The fraction of sp³-hybridized carbons (Fsp3) is 1.00. The van der Waals surface area contributed by atoms with Crippen LogP contribution in [0.4, 0.5) is 0 Å². The number of ether oxygens (including phenoxy) is 1. The van der Waals surface area contributed by atoms with Crippen molar-refractivity contribution in [3.63, 3.8) is 0 Å². The van der Waals surface area contributed by atoms with Crippen molar-refractivity contribution in [2.24, 2.45) is 0 Å². The summed E-state index contributed by atoms with van der Waals surface area (Å²) in [6.45, 7) is 4.74. The van der Waals surface area contributed by atoms with Crippen LogP contribution in [0.2, 0.25) is 0 Å². The van der Waals surface area contributed by atoms with Crippen molar-refractivity contribution in [3.8, 4) is 0 Å². The molecule has 5 nitrogen and oxygen atoms in total. The van der Waals surface area contributed by atoms with Crippen LogP contribution in [-0.4, -0.2) is 44.1 Å². The molecule has 2 aliphatic rings. The molecule has 0 radical (unpaired) electrons. The standard InChI is InChI=1S/C13H26N2O3S/c1-11-9-15(10-12(2)18-11)19(16,17)14-13-7-5-3-4-6-8-13/h11-14H,3-10H2,1-2H3. The van der Waals surface area contributed by atoms with Gasteiger partial charge in [-0.3, -0.25) is 0 Å². The number of hydrogen-bond acceptors (Lipinski definition) is 3. The van der Waals surface area contributed by atoms with Gasteiger partial charge in [0.1, 0.15) is 0 Å². The van der Waals surface area contributed by atoms with Crippen LogP contribution < -0.4 is 4.72 Å². The zero-order valence-electron chi connectivity index (χ0n) is 12.0. The average molecular weight is 290 g/mol. The number of hydrogen-bond donors (Lipinski definition) is 1. The smallest absolute Gasteiger partial charge is 0.279 e. The molecule has 0 aromatic heterocycles. The first-order valence-corrected chi connectivity index (χ1v) is 8.84. The van der Waals surface area contributed by atoms with Gasteiger partial charge in [0.05, 0.1) is 12.2 Å². The van der Waals surface area contributed by atoms with Gasteiger partial charge in [0.2, 0.25) is 0 Å². The average Bonchev–Trinajstić information content (AvgIpc) is 2.55. The van der Waals surface area contributed by atoms with Crippen LogP contribution in [0.5, 0.6) is 0 Å². The van der Waals surface area contributed by atoms with E-state index in [1.54, 1.807) is 0 Å². The molecule has 2 atom stereocenters. The molecular formula is C13H26N2O3S. The normalized spacial score (nSPS) is 32.1. The Morgan fingerprint density at radius 3 is 2.05 bits per heavy atom. The summed E-state index contributed by atoms with van der Waals surface area (Å²) in [4.78, 5) is 0. The maximum Gasteiger partial charge on any atom is 0.279 e. The Morgan fingerprint density at radius 2 is 1.53 bits per heavy atom. The predicted octanol–water partition coefficient (Wildman–Crippen LogP) is 1.65. The summed E-state index contributed by atoms with van der Waals surface area (Å²) in [6, 6.07) is 0.112. The summed E-state index contributed by atoms with van der Waals surface area (Å²) in [7, 11) is -3.36. The van der Waals surface area contributed by atoms with Gasteiger partial charge in [-0.1, -0.05) is 25.7 Å². The maximum atomic E-state index is 12.4. The van der Waals surface area contributed by atoms with E-state index < -0.39 is 10.2 Å². The molecule has 0 amide bonds. The molecule has 1 saturated heterocycles. The van der Waals surface area contributed by atoms with E-state index in [2.05, 4.69) is 4.72 Å². The number of nitrogens with one attached hydrogen (secondary N) is 1. The van der Waals surface area contributed by atoms with Crippen molar-refractivity contribution in [3.05, 3.63) is 0 Å². The van der Waals surface area contributed by atoms with Crippen molar-refractivity contribution in [2.75, 3.05) is 13.1 Å². The van der Waals surface area contributed by atoms with Gasteiger partial charge < -0.3 is 4.74 Å². The lowest BCUT2D eigenvalue weighted by Crippen LogP contribution is -2.53. The number of nitrogens with zero attached hydrogens (tertiary/aromatic N) is 1. The molecule has 0 aromatic rings. The highest BCUT2D eigenvalue weighted by Gasteiger charge is 2.32. The summed E-state index contributed by atoms with van der Waals surface area (Å²) in [5, 5.41) is 0. The Hall–Kier alpha value is -0.170. The minimum Gasteiger partial charge on any atom is -0.373 e. The third-order valence-corrected chi connectivity index (χ3v) is 5.51. The second kappa shape index (κ2) is 6.52. The lowest BCUT2D eigenvalue weighted by molar-refractivity contribution is -0.0444. The first-order chi connectivity index (χ1) is 8.97. The van der Waals surface area contributed by atoms with Crippen molar-refractivity contribution in [1.82, 2.24) is 9.03 Å². The predicted molar refractivity (Wildman–Crippen MR) is 75.1 cm³/mol. The molecule has 19 heavy (non-hydrogen) atoms. The first-order valence-electron chi connectivity index (χ1n) is 7.40. The molecule has 1 aliphatic carbocycles. The summed E-state index contributed by atoms with van der Waals surface area (Å²) < 4.78 is 34.8. The molecule has 2 fully saturated rings. The third kappa shape index (κ3) is 4.41. The summed E-state index contributed by atoms with van der Waals surface area (Å²) in [5.74, 6) is 0. The Morgan fingerprint density at radius 1 is 1.00 bits per heavy atom. The van der Waals surface area contributed by atoms with Crippen LogP contribution in [-0.2, 0) is 14.9 Å². The largest absolute Gasteiger partial charge is 0.373 e. The van der Waals surface area contributed by atoms with Gasteiger partial charge in [-0.15, -0.1) is 0 Å². The van der Waals surface area contributed by atoms with Crippen LogP contribution >= 0.6 is 0 Å². The molecule has 0 aromatic carbocycles. The van der Waals surface area contributed by atoms with E-state index in [4.69, 9.17) is 4.74 Å². The van der Waals surface area contributed by atoms with Gasteiger partial charge in [0.25, 0.3) is 10.2 Å². The molecule has 1 aliphatic heterocycles. The zero-order valence-corrected chi connectivity index (χ0v) is 12.8. The van der Waals surface area contributed by atoms with Crippen LogP contribution in [0, 0.1) is 0 Å². The minimum absolute atomic E-state index is 0.0329. The Bertz CT molecular complexity index is 367. The van der Waals surface area contributed by atoms with E-state index in [1.807, 2.05) is 13.8 Å². The maximum absolute atomic E-state index is 12.4. The monoisotopic (exact) mass is 290 g/mol. The van der Waals surface area contributed by atoms with Crippen molar-refractivity contribution in [1.29, 1.82) is 0 Å². The third-order valence-electron chi connectivity index (χ3n) is 3.90. The van der Waals surface area contributed by atoms with Gasteiger partial charge >= 0.3 is 0 Å². The SMILES string of the molecule is CC1CN(S(=O)(=O)NC2CCCCCC2)CC(C)O1. The highest BCUT2D eigenvalue weighted by atomic mass is 32.2. The van der Waals surface area contributed by atoms with E-state index in [0.717, 1.165) is 25.7 Å². The molecule has 0 spiro atoms. The van der Waals surface area contributed by atoms with Gasteiger partial charge in [-0.05, 0) is 26.7 Å². The van der Waals surface area contributed by atoms with Crippen molar-refractivity contribution in [2.45, 2.75) is 70.6 Å². The van der Waals surface area contributed by atoms with Crippen LogP contribution in [0.3, 0.4) is 0 Å². The van der Waals surface area contributed by atoms with Crippen LogP contribution in [0.1, 0.15) is 52.4 Å². The molecule has 1 heterocycles.